The molecule has 6 heteroatoms. The zero-order chi connectivity index (χ0) is 14.7. The highest BCUT2D eigenvalue weighted by atomic mass is 16.2. The van der Waals surface area contributed by atoms with Crippen LogP contribution in [0.2, 0.25) is 0 Å². The highest BCUT2D eigenvalue weighted by Gasteiger charge is 2.14. The summed E-state index contributed by atoms with van der Waals surface area (Å²) in [6.07, 6.45) is 6.46. The van der Waals surface area contributed by atoms with E-state index in [2.05, 4.69) is 11.6 Å². The Bertz CT molecular complexity index is 736. The molecule has 0 radical (unpaired) electrons. The average Bonchev–Trinajstić information content (AvgIpc) is 2.86. The van der Waals surface area contributed by atoms with E-state index in [1.54, 1.807) is 20.3 Å². The minimum Gasteiger partial charge on any atom is -0.325 e. The van der Waals surface area contributed by atoms with Gasteiger partial charge in [0.2, 0.25) is 0 Å². The fourth-order valence-electron chi connectivity index (χ4n) is 2.34. The van der Waals surface area contributed by atoms with Crippen molar-refractivity contribution in [3.05, 3.63) is 39.8 Å². The van der Waals surface area contributed by atoms with Crippen molar-refractivity contribution in [2.24, 2.45) is 7.05 Å². The second-order valence-electron chi connectivity index (χ2n) is 4.79. The fourth-order valence-corrected chi connectivity index (χ4v) is 2.34. The predicted octanol–water partition coefficient (Wildman–Crippen LogP) is 1.27. The second kappa shape index (κ2) is 5.90. The molecule has 108 valence electrons. The molecule has 2 rings (SSSR count). The summed E-state index contributed by atoms with van der Waals surface area (Å²) in [5.41, 5.74) is 0.384. The van der Waals surface area contributed by atoms with Crippen molar-refractivity contribution in [2.45, 2.75) is 39.3 Å². The molecule has 0 saturated carbocycles. The summed E-state index contributed by atoms with van der Waals surface area (Å²) in [6.45, 7) is 6.57. The zero-order valence-electron chi connectivity index (χ0n) is 12.0. The smallest absolute Gasteiger partial charge is 0.325 e. The molecule has 0 saturated heterocycles. The van der Waals surface area contributed by atoms with Crippen LogP contribution in [0.1, 0.15) is 26.2 Å². The van der Waals surface area contributed by atoms with E-state index in [-0.39, 0.29) is 11.2 Å². The van der Waals surface area contributed by atoms with Crippen LogP contribution in [0.25, 0.3) is 11.2 Å². The van der Waals surface area contributed by atoms with Crippen molar-refractivity contribution in [1.82, 2.24) is 18.7 Å². The van der Waals surface area contributed by atoms with Crippen molar-refractivity contribution in [2.75, 3.05) is 0 Å². The number of fused-ring (bicyclic) bond motifs is 1. The molecule has 2 heterocycles. The van der Waals surface area contributed by atoms with Crippen molar-refractivity contribution in [1.29, 1.82) is 0 Å². The van der Waals surface area contributed by atoms with Crippen molar-refractivity contribution < 1.29 is 0 Å². The first-order valence-electron chi connectivity index (χ1n) is 6.87. The Morgan fingerprint density at radius 1 is 1.35 bits per heavy atom. The van der Waals surface area contributed by atoms with Crippen LogP contribution in [0.4, 0.5) is 0 Å². The lowest BCUT2D eigenvalue weighted by Gasteiger charge is -2.07. The Kier molecular flexibility index (Phi) is 4.22. The standard InChI is InChI=1S/C14H20N4O2/c1-4-6-7-8-9-17-10-15-12-11(17)13(19)18(5-2)14(20)16(12)3/h4,10H,1,5-9H2,2-3H3. The highest BCUT2D eigenvalue weighted by molar-refractivity contribution is 5.69. The Balaban J connectivity index is 2.49. The van der Waals surface area contributed by atoms with Crippen LogP contribution in [0, 0.1) is 0 Å². The van der Waals surface area contributed by atoms with Gasteiger partial charge in [-0.3, -0.25) is 13.9 Å². The molecule has 0 fully saturated rings. The third kappa shape index (κ3) is 2.33. The van der Waals surface area contributed by atoms with Crippen LogP contribution in [0.5, 0.6) is 0 Å². The molecule has 0 aliphatic rings. The molecule has 0 aromatic carbocycles. The van der Waals surface area contributed by atoms with E-state index in [9.17, 15) is 9.59 Å². The SMILES string of the molecule is C=CCCCCn1cnc2c1c(=O)n(CC)c(=O)n2C. The maximum Gasteiger partial charge on any atom is 0.332 e. The van der Waals surface area contributed by atoms with Gasteiger partial charge < -0.3 is 4.57 Å². The Morgan fingerprint density at radius 3 is 2.75 bits per heavy atom. The molecular formula is C14H20N4O2. The average molecular weight is 276 g/mol. The molecule has 0 spiro atoms. The number of rotatable bonds is 6. The number of aryl methyl sites for hydroxylation is 2. The van der Waals surface area contributed by atoms with E-state index in [4.69, 9.17) is 0 Å². The first-order valence-corrected chi connectivity index (χ1v) is 6.87. The zero-order valence-corrected chi connectivity index (χ0v) is 12.0. The van der Waals surface area contributed by atoms with Gasteiger partial charge in [0.05, 0.1) is 6.33 Å². The van der Waals surface area contributed by atoms with E-state index >= 15 is 0 Å². The largest absolute Gasteiger partial charge is 0.332 e. The number of hydrogen-bond acceptors (Lipinski definition) is 3. The summed E-state index contributed by atoms with van der Waals surface area (Å²) >= 11 is 0. The van der Waals surface area contributed by atoms with Crippen molar-refractivity contribution >= 4 is 11.2 Å². The Morgan fingerprint density at radius 2 is 2.10 bits per heavy atom. The van der Waals surface area contributed by atoms with Gasteiger partial charge in [-0.1, -0.05) is 6.08 Å². The quantitative estimate of drug-likeness (QED) is 0.589. The van der Waals surface area contributed by atoms with Crippen LogP contribution in [0.15, 0.2) is 28.6 Å². The first-order chi connectivity index (χ1) is 9.61. The van der Waals surface area contributed by atoms with Crippen LogP contribution >= 0.6 is 0 Å². The number of hydrogen-bond donors (Lipinski definition) is 0. The maximum absolute atomic E-state index is 12.4. The Labute approximate surface area is 117 Å². The van der Waals surface area contributed by atoms with E-state index < -0.39 is 0 Å². The van der Waals surface area contributed by atoms with Gasteiger partial charge in [0.25, 0.3) is 5.56 Å². The van der Waals surface area contributed by atoms with Crippen LogP contribution in [-0.4, -0.2) is 18.7 Å². The summed E-state index contributed by atoms with van der Waals surface area (Å²) in [7, 11) is 1.64. The van der Waals surface area contributed by atoms with Crippen molar-refractivity contribution in [3.8, 4) is 0 Å². The molecule has 0 aliphatic heterocycles. The van der Waals surface area contributed by atoms with Crippen LogP contribution in [0.3, 0.4) is 0 Å². The topological polar surface area (TPSA) is 61.8 Å². The van der Waals surface area contributed by atoms with Gasteiger partial charge in [0.15, 0.2) is 11.2 Å². The van der Waals surface area contributed by atoms with Crippen LogP contribution in [-0.2, 0) is 20.1 Å². The number of allylic oxidation sites excluding steroid dienone is 1. The molecule has 0 bridgehead atoms. The van der Waals surface area contributed by atoms with E-state index in [0.717, 1.165) is 25.8 Å². The second-order valence-corrected chi connectivity index (χ2v) is 4.79. The van der Waals surface area contributed by atoms with Gasteiger partial charge >= 0.3 is 5.69 Å². The van der Waals surface area contributed by atoms with Crippen molar-refractivity contribution in [3.63, 3.8) is 0 Å². The third-order valence-corrected chi connectivity index (χ3v) is 3.48. The molecule has 0 atom stereocenters. The van der Waals surface area contributed by atoms with E-state index in [1.807, 2.05) is 10.6 Å². The Hall–Kier alpha value is -2.11. The van der Waals surface area contributed by atoms with Gasteiger partial charge in [0, 0.05) is 20.1 Å². The van der Waals surface area contributed by atoms with E-state index in [0.29, 0.717) is 17.7 Å². The van der Waals surface area contributed by atoms with Gasteiger partial charge in [0.1, 0.15) is 0 Å². The summed E-state index contributed by atoms with van der Waals surface area (Å²) in [6, 6.07) is 0. The molecule has 2 aromatic heterocycles. The van der Waals surface area contributed by atoms with E-state index in [1.165, 1.54) is 9.13 Å². The number of aromatic nitrogens is 4. The summed E-state index contributed by atoms with van der Waals surface area (Å²) in [5, 5.41) is 0. The minimum absolute atomic E-state index is 0.258. The maximum atomic E-state index is 12.4. The predicted molar refractivity (Wildman–Crippen MR) is 79.0 cm³/mol. The lowest BCUT2D eigenvalue weighted by molar-refractivity contribution is 0.610. The number of nitrogens with zero attached hydrogens (tertiary/aromatic N) is 4. The molecule has 20 heavy (non-hydrogen) atoms. The summed E-state index contributed by atoms with van der Waals surface area (Å²) < 4.78 is 4.51. The van der Waals surface area contributed by atoms with Crippen LogP contribution < -0.4 is 11.2 Å². The normalized spacial score (nSPS) is 11.1. The molecule has 0 aliphatic carbocycles. The third-order valence-electron chi connectivity index (χ3n) is 3.48. The van der Waals surface area contributed by atoms with Gasteiger partial charge in [-0.15, -0.1) is 6.58 Å². The van der Waals surface area contributed by atoms with Gasteiger partial charge in [-0.25, -0.2) is 9.78 Å². The highest BCUT2D eigenvalue weighted by Crippen LogP contribution is 2.08. The summed E-state index contributed by atoms with van der Waals surface area (Å²) in [4.78, 5) is 28.6. The monoisotopic (exact) mass is 276 g/mol. The minimum atomic E-state index is -0.318. The molecule has 2 aromatic rings. The molecular weight excluding hydrogens is 256 g/mol. The summed E-state index contributed by atoms with van der Waals surface area (Å²) in [5.74, 6) is 0. The molecule has 6 nitrogen and oxygen atoms in total. The van der Waals surface area contributed by atoms with Gasteiger partial charge in [-0.2, -0.15) is 0 Å². The van der Waals surface area contributed by atoms with Gasteiger partial charge in [-0.05, 0) is 26.2 Å². The molecule has 0 unspecified atom stereocenters. The fraction of sp³-hybridized carbons (Fsp3) is 0.500. The molecule has 0 N–H and O–H groups in total. The number of imidazole rings is 1. The lowest BCUT2D eigenvalue weighted by atomic mass is 10.2. The lowest BCUT2D eigenvalue weighted by Crippen LogP contribution is -2.39. The number of unbranched alkanes of at least 4 members (excludes halogenated alkanes) is 2. The first kappa shape index (κ1) is 14.3. The molecule has 0 amide bonds.